The first-order valence-electron chi connectivity index (χ1n) is 5.76. The van der Waals surface area contributed by atoms with E-state index in [1.165, 1.54) is 4.90 Å². The molecule has 4 nitrogen and oxygen atoms in total. The van der Waals surface area contributed by atoms with Crippen LogP contribution in [0.4, 0.5) is 4.79 Å². The van der Waals surface area contributed by atoms with E-state index in [-0.39, 0.29) is 17.8 Å². The highest BCUT2D eigenvalue weighted by Crippen LogP contribution is 2.30. The fraction of sp³-hybridized carbons (Fsp3) is 0.833. The topological polar surface area (TPSA) is 46.6 Å². The van der Waals surface area contributed by atoms with E-state index in [9.17, 15) is 9.59 Å². The molecule has 1 aliphatic carbocycles. The second kappa shape index (κ2) is 4.85. The van der Waals surface area contributed by atoms with Crippen molar-refractivity contribution in [2.24, 2.45) is 5.92 Å². The van der Waals surface area contributed by atoms with Crippen molar-refractivity contribution in [1.29, 1.82) is 0 Å². The van der Waals surface area contributed by atoms with Crippen molar-refractivity contribution >= 4 is 11.9 Å². The molecule has 1 saturated carbocycles. The van der Waals surface area contributed by atoms with Crippen molar-refractivity contribution < 1.29 is 14.3 Å². The van der Waals surface area contributed by atoms with Crippen LogP contribution in [0.5, 0.6) is 0 Å². The van der Waals surface area contributed by atoms with E-state index in [4.69, 9.17) is 4.74 Å². The van der Waals surface area contributed by atoms with Gasteiger partial charge in [-0.15, -0.1) is 0 Å². The van der Waals surface area contributed by atoms with Crippen molar-refractivity contribution in [1.82, 2.24) is 4.90 Å². The first-order chi connectivity index (χ1) is 7.29. The number of carbonyl (C=O) groups excluding carboxylic acids is 2. The Morgan fingerprint density at radius 1 is 1.31 bits per heavy atom. The number of hydrogen-bond acceptors (Lipinski definition) is 3. The van der Waals surface area contributed by atoms with E-state index in [0.29, 0.717) is 13.0 Å². The fourth-order valence-corrected chi connectivity index (χ4v) is 1.32. The first-order valence-corrected chi connectivity index (χ1v) is 5.76. The maximum absolute atomic E-state index is 11.5. The lowest BCUT2D eigenvalue weighted by molar-refractivity contribution is -0.120. The van der Waals surface area contributed by atoms with Crippen molar-refractivity contribution in [2.75, 3.05) is 13.6 Å². The molecule has 0 aromatic carbocycles. The number of Topliss-reactive ketones (excluding diaryl/α,β-unsaturated/α-hetero) is 1. The van der Waals surface area contributed by atoms with Gasteiger partial charge in [-0.05, 0) is 33.6 Å². The molecule has 16 heavy (non-hydrogen) atoms. The van der Waals surface area contributed by atoms with Gasteiger partial charge in [-0.25, -0.2) is 4.79 Å². The molecular formula is C12H21NO3. The van der Waals surface area contributed by atoms with Gasteiger partial charge in [-0.2, -0.15) is 0 Å². The largest absolute Gasteiger partial charge is 0.444 e. The van der Waals surface area contributed by atoms with E-state index < -0.39 is 5.60 Å². The van der Waals surface area contributed by atoms with Crippen molar-refractivity contribution in [3.05, 3.63) is 0 Å². The van der Waals surface area contributed by atoms with E-state index in [0.717, 1.165) is 12.8 Å². The van der Waals surface area contributed by atoms with Gasteiger partial charge in [0.25, 0.3) is 0 Å². The van der Waals surface area contributed by atoms with Gasteiger partial charge in [-0.3, -0.25) is 4.79 Å². The summed E-state index contributed by atoms with van der Waals surface area (Å²) in [4.78, 5) is 24.5. The Hall–Kier alpha value is -1.06. The minimum absolute atomic E-state index is 0.270. The second-order valence-electron chi connectivity index (χ2n) is 5.39. The summed E-state index contributed by atoms with van der Waals surface area (Å²) in [6.45, 7) is 5.93. The Bertz CT molecular complexity index is 276. The Morgan fingerprint density at radius 2 is 1.88 bits per heavy atom. The molecule has 0 spiro atoms. The molecule has 0 aromatic rings. The number of ether oxygens (including phenoxy) is 1. The number of amides is 1. The lowest BCUT2D eigenvalue weighted by Gasteiger charge is -2.24. The average Bonchev–Trinajstić information content (AvgIpc) is 2.93. The van der Waals surface area contributed by atoms with Gasteiger partial charge in [0, 0.05) is 25.9 Å². The van der Waals surface area contributed by atoms with Gasteiger partial charge in [0.2, 0.25) is 0 Å². The highest BCUT2D eigenvalue weighted by atomic mass is 16.6. The van der Waals surface area contributed by atoms with E-state index in [1.54, 1.807) is 7.05 Å². The van der Waals surface area contributed by atoms with Gasteiger partial charge in [0.1, 0.15) is 11.4 Å². The molecule has 1 aliphatic rings. The molecule has 0 unspecified atom stereocenters. The second-order valence-corrected chi connectivity index (χ2v) is 5.39. The Kier molecular flexibility index (Phi) is 3.94. The highest BCUT2D eigenvalue weighted by Gasteiger charge is 2.29. The van der Waals surface area contributed by atoms with Gasteiger partial charge in [0.05, 0.1) is 0 Å². The Labute approximate surface area is 96.9 Å². The fourth-order valence-electron chi connectivity index (χ4n) is 1.32. The summed E-state index contributed by atoms with van der Waals surface area (Å²) < 4.78 is 5.18. The zero-order valence-electron chi connectivity index (χ0n) is 10.6. The molecule has 92 valence electrons. The van der Waals surface area contributed by atoms with Crippen LogP contribution < -0.4 is 0 Å². The van der Waals surface area contributed by atoms with Gasteiger partial charge >= 0.3 is 6.09 Å². The monoisotopic (exact) mass is 227 g/mol. The predicted octanol–water partition coefficient (Wildman–Crippen LogP) is 2.22. The number of hydrogen-bond donors (Lipinski definition) is 0. The zero-order valence-corrected chi connectivity index (χ0v) is 10.6. The highest BCUT2D eigenvalue weighted by molar-refractivity contribution is 5.83. The molecule has 0 bridgehead atoms. The number of rotatable bonds is 4. The third kappa shape index (κ3) is 4.64. The van der Waals surface area contributed by atoms with Crippen LogP contribution in [0.25, 0.3) is 0 Å². The predicted molar refractivity (Wildman–Crippen MR) is 61.2 cm³/mol. The van der Waals surface area contributed by atoms with Crippen molar-refractivity contribution in [3.8, 4) is 0 Å². The van der Waals surface area contributed by atoms with Gasteiger partial charge in [0.15, 0.2) is 0 Å². The van der Waals surface area contributed by atoms with E-state index in [1.807, 2.05) is 20.8 Å². The molecule has 0 atom stereocenters. The molecule has 4 heteroatoms. The smallest absolute Gasteiger partial charge is 0.410 e. The minimum Gasteiger partial charge on any atom is -0.444 e. The minimum atomic E-state index is -0.480. The maximum atomic E-state index is 11.5. The summed E-state index contributed by atoms with van der Waals surface area (Å²) >= 11 is 0. The summed E-state index contributed by atoms with van der Waals surface area (Å²) in [6.07, 6.45) is 2.13. The normalized spacial score (nSPS) is 15.8. The van der Waals surface area contributed by atoms with Crippen molar-refractivity contribution in [3.63, 3.8) is 0 Å². The summed E-state index contributed by atoms with van der Waals surface area (Å²) in [5.74, 6) is 0.544. The molecule has 0 aromatic heterocycles. The standard InChI is InChI=1S/C12H21NO3/c1-12(2,3)16-11(15)13(4)8-7-10(14)9-5-6-9/h9H,5-8H2,1-4H3. The van der Waals surface area contributed by atoms with Crippen molar-refractivity contribution in [2.45, 2.75) is 45.6 Å². The third-order valence-electron chi connectivity index (χ3n) is 2.43. The van der Waals surface area contributed by atoms with Crippen LogP contribution in [0.3, 0.4) is 0 Å². The summed E-state index contributed by atoms with van der Waals surface area (Å²) in [5.41, 5.74) is -0.480. The van der Waals surface area contributed by atoms with Gasteiger partial charge < -0.3 is 9.64 Å². The molecule has 0 saturated heterocycles. The van der Waals surface area contributed by atoms with Crippen LogP contribution >= 0.6 is 0 Å². The van der Waals surface area contributed by atoms with Crippen LogP contribution in [0.1, 0.15) is 40.0 Å². The molecule has 1 rings (SSSR count). The number of carbonyl (C=O) groups is 2. The van der Waals surface area contributed by atoms with Crippen LogP contribution in [-0.2, 0) is 9.53 Å². The summed E-state index contributed by atoms with van der Waals surface area (Å²) in [6, 6.07) is 0. The lowest BCUT2D eigenvalue weighted by Crippen LogP contribution is -2.35. The molecular weight excluding hydrogens is 206 g/mol. The quantitative estimate of drug-likeness (QED) is 0.739. The third-order valence-corrected chi connectivity index (χ3v) is 2.43. The lowest BCUT2D eigenvalue weighted by atomic mass is 10.2. The summed E-state index contributed by atoms with van der Waals surface area (Å²) in [5, 5.41) is 0. The maximum Gasteiger partial charge on any atom is 0.410 e. The number of nitrogens with zero attached hydrogens (tertiary/aromatic N) is 1. The Balaban J connectivity index is 2.25. The molecule has 1 fully saturated rings. The molecule has 0 heterocycles. The molecule has 0 radical (unpaired) electrons. The SMILES string of the molecule is CN(CCC(=O)C1CC1)C(=O)OC(C)(C)C. The van der Waals surface area contributed by atoms with Crippen LogP contribution in [0, 0.1) is 5.92 Å². The van der Waals surface area contributed by atoms with E-state index >= 15 is 0 Å². The van der Waals surface area contributed by atoms with Crippen LogP contribution in [0.2, 0.25) is 0 Å². The average molecular weight is 227 g/mol. The van der Waals surface area contributed by atoms with Gasteiger partial charge in [-0.1, -0.05) is 0 Å². The Morgan fingerprint density at radius 3 is 2.31 bits per heavy atom. The molecule has 0 aliphatic heterocycles. The van der Waals surface area contributed by atoms with Crippen LogP contribution in [-0.4, -0.2) is 36.0 Å². The first kappa shape index (κ1) is 13.0. The zero-order chi connectivity index (χ0) is 12.3. The molecule has 0 N–H and O–H groups in total. The summed E-state index contributed by atoms with van der Waals surface area (Å²) in [7, 11) is 1.66. The van der Waals surface area contributed by atoms with E-state index in [2.05, 4.69) is 0 Å². The van der Waals surface area contributed by atoms with Crippen LogP contribution in [0.15, 0.2) is 0 Å². The number of ketones is 1. The molecule has 1 amide bonds.